The maximum Gasteiger partial charge on any atom is 0.416 e. The number of fused-ring (bicyclic) bond motifs is 2. The molecule has 5 rings (SSSR count). The molecule has 4 aromatic heterocycles. The maximum absolute atomic E-state index is 13.6. The molecule has 0 radical (unpaired) electrons. The molecule has 0 unspecified atom stereocenters. The minimum atomic E-state index is -4.47. The van der Waals surface area contributed by atoms with Crippen LogP contribution in [0, 0.1) is 0 Å². The van der Waals surface area contributed by atoms with E-state index >= 15 is 0 Å². The molecule has 0 aliphatic heterocycles. The highest BCUT2D eigenvalue weighted by molar-refractivity contribution is 8.00. The van der Waals surface area contributed by atoms with Crippen LogP contribution in [0.4, 0.5) is 18.9 Å². The second-order valence-electron chi connectivity index (χ2n) is 8.01. The summed E-state index contributed by atoms with van der Waals surface area (Å²) >= 11 is 1.47. The van der Waals surface area contributed by atoms with Crippen molar-refractivity contribution < 1.29 is 13.2 Å². The fraction of sp³-hybridized carbons (Fsp3) is 0.208. The molecule has 7 nitrogen and oxygen atoms in total. The average molecular weight is 499 g/mol. The third-order valence-corrected chi connectivity index (χ3v) is 6.39. The fourth-order valence-corrected chi connectivity index (χ4v) is 4.56. The lowest BCUT2D eigenvalue weighted by Crippen LogP contribution is -2.16. The number of H-pyrrole nitrogens is 1. The van der Waals surface area contributed by atoms with Crippen LogP contribution in [0.15, 0.2) is 59.9 Å². The molecule has 0 aliphatic carbocycles. The number of rotatable bonds is 6. The Labute approximate surface area is 202 Å². The van der Waals surface area contributed by atoms with Gasteiger partial charge in [0.15, 0.2) is 5.65 Å². The van der Waals surface area contributed by atoms with Gasteiger partial charge in [-0.2, -0.15) is 13.2 Å². The lowest BCUT2D eigenvalue weighted by atomic mass is 10.1. The summed E-state index contributed by atoms with van der Waals surface area (Å²) in [5, 5.41) is 0.711. The smallest absolute Gasteiger partial charge is 0.357 e. The van der Waals surface area contributed by atoms with Crippen LogP contribution in [0.1, 0.15) is 18.1 Å². The maximum atomic E-state index is 13.6. The molecule has 0 spiro atoms. The second kappa shape index (κ2) is 8.81. The van der Waals surface area contributed by atoms with E-state index in [0.717, 1.165) is 17.4 Å². The van der Waals surface area contributed by atoms with Gasteiger partial charge in [-0.3, -0.25) is 4.79 Å². The molecule has 4 heterocycles. The standard InChI is InChI=1S/C24H21F3N6OS/c1-3-35-31-19-10-18(16-12-32(2)23(34)20-15(16)8-9-28-20)30-22-21(19)29-13-33(22)11-14-6-4-5-7-17(14)24(25,26)27/h4-10,12-13,28H,3,11H2,1-2H3,(H,30,31). The highest BCUT2D eigenvalue weighted by Crippen LogP contribution is 2.34. The number of nitrogens with one attached hydrogen (secondary N) is 2. The van der Waals surface area contributed by atoms with Crippen molar-refractivity contribution in [2.75, 3.05) is 10.5 Å². The first-order chi connectivity index (χ1) is 16.8. The number of alkyl halides is 3. The number of aromatic amines is 1. The molecule has 0 aliphatic rings. The number of aromatic nitrogens is 5. The van der Waals surface area contributed by atoms with Crippen LogP contribution in [-0.4, -0.2) is 29.8 Å². The second-order valence-corrected chi connectivity index (χ2v) is 9.09. The number of halogens is 3. The van der Waals surface area contributed by atoms with Crippen LogP contribution in [0.3, 0.4) is 0 Å². The Hall–Kier alpha value is -3.73. The van der Waals surface area contributed by atoms with E-state index in [0.29, 0.717) is 33.4 Å². The molecule has 0 saturated carbocycles. The largest absolute Gasteiger partial charge is 0.416 e. The molecule has 35 heavy (non-hydrogen) atoms. The van der Waals surface area contributed by atoms with Crippen molar-refractivity contribution in [3.63, 3.8) is 0 Å². The van der Waals surface area contributed by atoms with Gasteiger partial charge < -0.3 is 18.8 Å². The van der Waals surface area contributed by atoms with Gasteiger partial charge in [0.2, 0.25) is 0 Å². The molecule has 0 amide bonds. The highest BCUT2D eigenvalue weighted by atomic mass is 32.2. The summed E-state index contributed by atoms with van der Waals surface area (Å²) in [7, 11) is 1.66. The summed E-state index contributed by atoms with van der Waals surface area (Å²) in [4.78, 5) is 24.8. The molecule has 0 fully saturated rings. The summed E-state index contributed by atoms with van der Waals surface area (Å²) in [6, 6.07) is 9.15. The van der Waals surface area contributed by atoms with Crippen molar-refractivity contribution in [1.29, 1.82) is 0 Å². The number of nitrogens with zero attached hydrogens (tertiary/aromatic N) is 4. The van der Waals surface area contributed by atoms with Crippen molar-refractivity contribution in [3.8, 4) is 11.3 Å². The van der Waals surface area contributed by atoms with Gasteiger partial charge in [0.1, 0.15) is 11.0 Å². The molecule has 5 aromatic rings. The SMILES string of the molecule is CCSNc1cc(-c2cn(C)c(=O)c3[nH]ccc23)nc2c1ncn2Cc1ccccc1C(F)(F)F. The predicted octanol–water partition coefficient (Wildman–Crippen LogP) is 5.43. The normalized spacial score (nSPS) is 12.0. The number of anilines is 1. The minimum Gasteiger partial charge on any atom is -0.357 e. The van der Waals surface area contributed by atoms with E-state index in [1.807, 2.05) is 19.1 Å². The van der Waals surface area contributed by atoms with E-state index < -0.39 is 11.7 Å². The Morgan fingerprint density at radius 1 is 1.20 bits per heavy atom. The van der Waals surface area contributed by atoms with Gasteiger partial charge in [-0.25, -0.2) is 9.97 Å². The van der Waals surface area contributed by atoms with E-state index in [1.165, 1.54) is 35.0 Å². The summed E-state index contributed by atoms with van der Waals surface area (Å²) < 4.78 is 47.1. The molecule has 0 saturated heterocycles. The Bertz CT molecular complexity index is 1600. The van der Waals surface area contributed by atoms with Crippen LogP contribution in [0.2, 0.25) is 0 Å². The van der Waals surface area contributed by atoms with Gasteiger partial charge in [-0.05, 0) is 23.8 Å². The first-order valence-corrected chi connectivity index (χ1v) is 11.8. The topological polar surface area (TPSA) is 80.5 Å². The van der Waals surface area contributed by atoms with Gasteiger partial charge in [0.05, 0.1) is 29.8 Å². The van der Waals surface area contributed by atoms with Crippen LogP contribution >= 0.6 is 11.9 Å². The summed E-state index contributed by atoms with van der Waals surface area (Å²) in [5.74, 6) is 0.792. The first kappa shape index (κ1) is 23.0. The summed E-state index contributed by atoms with van der Waals surface area (Å²) in [5.41, 5.74) is 2.70. The van der Waals surface area contributed by atoms with Gasteiger partial charge in [-0.15, -0.1) is 0 Å². The molecule has 180 valence electrons. The van der Waals surface area contributed by atoms with Crippen LogP contribution < -0.4 is 10.3 Å². The van der Waals surface area contributed by atoms with Gasteiger partial charge >= 0.3 is 6.18 Å². The lowest BCUT2D eigenvalue weighted by molar-refractivity contribution is -0.138. The van der Waals surface area contributed by atoms with E-state index in [9.17, 15) is 18.0 Å². The molecular formula is C24H21F3N6OS. The van der Waals surface area contributed by atoms with Crippen molar-refractivity contribution in [3.05, 3.63) is 76.6 Å². The zero-order chi connectivity index (χ0) is 24.7. The number of benzene rings is 1. The Morgan fingerprint density at radius 2 is 2.00 bits per heavy atom. The van der Waals surface area contributed by atoms with Gasteiger partial charge in [0.25, 0.3) is 5.56 Å². The predicted molar refractivity (Wildman–Crippen MR) is 132 cm³/mol. The monoisotopic (exact) mass is 498 g/mol. The first-order valence-electron chi connectivity index (χ1n) is 10.8. The number of aryl methyl sites for hydroxylation is 1. The number of imidazole rings is 1. The average Bonchev–Trinajstić information content (AvgIpc) is 3.47. The van der Waals surface area contributed by atoms with E-state index in [2.05, 4.69) is 14.7 Å². The van der Waals surface area contributed by atoms with Gasteiger partial charge in [0, 0.05) is 36.1 Å². The summed E-state index contributed by atoms with van der Waals surface area (Å²) in [6.07, 6.45) is 0.440. The van der Waals surface area contributed by atoms with E-state index in [1.54, 1.807) is 30.1 Å². The van der Waals surface area contributed by atoms with Crippen LogP contribution in [-0.2, 0) is 19.8 Å². The zero-order valence-electron chi connectivity index (χ0n) is 18.8. The number of hydrogen-bond acceptors (Lipinski definition) is 5. The van der Waals surface area contributed by atoms with E-state index in [-0.39, 0.29) is 17.7 Å². The van der Waals surface area contributed by atoms with Crippen molar-refractivity contribution in [2.45, 2.75) is 19.6 Å². The Morgan fingerprint density at radius 3 is 2.77 bits per heavy atom. The molecule has 11 heteroatoms. The molecule has 0 bridgehead atoms. The molecule has 2 N–H and O–H groups in total. The molecule has 1 aromatic carbocycles. The van der Waals surface area contributed by atoms with Crippen LogP contribution in [0.25, 0.3) is 33.3 Å². The number of pyridine rings is 2. The fourth-order valence-electron chi connectivity index (χ4n) is 4.11. The van der Waals surface area contributed by atoms with Crippen molar-refractivity contribution in [1.82, 2.24) is 24.1 Å². The third kappa shape index (κ3) is 4.16. The minimum absolute atomic E-state index is 0.0458. The van der Waals surface area contributed by atoms with Crippen LogP contribution in [0.5, 0.6) is 0 Å². The molecular weight excluding hydrogens is 477 g/mol. The highest BCUT2D eigenvalue weighted by Gasteiger charge is 2.33. The lowest BCUT2D eigenvalue weighted by Gasteiger charge is -2.14. The van der Waals surface area contributed by atoms with Crippen molar-refractivity contribution >= 4 is 39.7 Å². The number of hydrogen-bond donors (Lipinski definition) is 2. The Balaban J connectivity index is 1.70. The zero-order valence-corrected chi connectivity index (χ0v) is 19.7. The molecule has 0 atom stereocenters. The Kier molecular flexibility index (Phi) is 5.79. The third-order valence-electron chi connectivity index (χ3n) is 5.73. The summed E-state index contributed by atoms with van der Waals surface area (Å²) in [6.45, 7) is 1.95. The van der Waals surface area contributed by atoms with Gasteiger partial charge in [-0.1, -0.05) is 37.1 Å². The van der Waals surface area contributed by atoms with E-state index in [4.69, 9.17) is 4.98 Å². The van der Waals surface area contributed by atoms with Crippen molar-refractivity contribution in [2.24, 2.45) is 7.05 Å². The quantitative estimate of drug-likeness (QED) is 0.306.